The van der Waals surface area contributed by atoms with Crippen LogP contribution in [0.4, 0.5) is 0 Å². The molecule has 0 aliphatic heterocycles. The van der Waals surface area contributed by atoms with Crippen LogP contribution in [0.15, 0.2) is 15.2 Å². The molecule has 0 unspecified atom stereocenters. The van der Waals surface area contributed by atoms with Gasteiger partial charge in [0.25, 0.3) is 5.89 Å². The second-order valence-corrected chi connectivity index (χ2v) is 1.99. The summed E-state index contributed by atoms with van der Waals surface area (Å²) in [5.74, 6) is 0.578. The summed E-state index contributed by atoms with van der Waals surface area (Å²) in [5.41, 5.74) is 0.776. The second kappa shape index (κ2) is 2.19. The average Bonchev–Trinajstić information content (AvgIpc) is 2.55. The third-order valence-electron chi connectivity index (χ3n) is 1.13. The van der Waals surface area contributed by atoms with Gasteiger partial charge in [-0.2, -0.15) is 4.98 Å². The highest BCUT2D eigenvalue weighted by atomic mass is 16.5. The molecule has 1 radical (unpaired) electrons. The van der Waals surface area contributed by atoms with E-state index >= 15 is 0 Å². The molecular weight excluding hydrogens is 146 g/mol. The number of hydrogen-bond donors (Lipinski definition) is 0. The molecule has 2 aromatic rings. The van der Waals surface area contributed by atoms with E-state index in [9.17, 15) is 0 Å². The van der Waals surface area contributed by atoms with Crippen molar-refractivity contribution in [1.29, 1.82) is 0 Å². The van der Waals surface area contributed by atoms with E-state index in [1.54, 1.807) is 0 Å². The molecule has 0 N–H and O–H groups in total. The van der Waals surface area contributed by atoms with Crippen LogP contribution in [0.5, 0.6) is 0 Å². The van der Waals surface area contributed by atoms with Crippen LogP contribution >= 0.6 is 0 Å². The van der Waals surface area contributed by atoms with Crippen LogP contribution in [0.1, 0.15) is 5.69 Å². The zero-order valence-corrected chi connectivity index (χ0v) is 5.74. The smallest absolute Gasteiger partial charge is 0.314 e. The van der Waals surface area contributed by atoms with E-state index in [4.69, 9.17) is 4.42 Å². The maximum absolute atomic E-state index is 4.98. The Morgan fingerprint density at radius 1 is 1.45 bits per heavy atom. The summed E-state index contributed by atoms with van der Waals surface area (Å²) in [5, 5.41) is 3.30. The number of aromatic nitrogens is 3. The van der Waals surface area contributed by atoms with Gasteiger partial charge in [-0.1, -0.05) is 5.16 Å². The van der Waals surface area contributed by atoms with Gasteiger partial charge in [0.05, 0.1) is 5.69 Å². The van der Waals surface area contributed by atoms with Crippen LogP contribution in [0.25, 0.3) is 11.8 Å². The molecule has 0 bridgehead atoms. The van der Waals surface area contributed by atoms with E-state index in [1.165, 1.54) is 6.26 Å². The van der Waals surface area contributed by atoms with Crippen molar-refractivity contribution in [1.82, 2.24) is 15.1 Å². The summed E-state index contributed by atoms with van der Waals surface area (Å²) in [6.07, 6.45) is 3.78. The minimum Gasteiger partial charge on any atom is -0.441 e. The Kier molecular flexibility index (Phi) is 1.21. The highest BCUT2D eigenvalue weighted by Crippen LogP contribution is 2.13. The van der Waals surface area contributed by atoms with E-state index < -0.39 is 0 Å². The van der Waals surface area contributed by atoms with Gasteiger partial charge in [0, 0.05) is 0 Å². The molecule has 11 heavy (non-hydrogen) atoms. The predicted octanol–water partition coefficient (Wildman–Crippen LogP) is 0.833. The largest absolute Gasteiger partial charge is 0.441 e. The molecule has 0 fully saturated rings. The Hall–Kier alpha value is -1.65. The first-order valence-electron chi connectivity index (χ1n) is 2.98. The Morgan fingerprint density at radius 2 is 2.36 bits per heavy atom. The highest BCUT2D eigenvalue weighted by Gasteiger charge is 2.09. The van der Waals surface area contributed by atoms with E-state index in [2.05, 4.69) is 26.0 Å². The maximum atomic E-state index is 4.98. The lowest BCUT2D eigenvalue weighted by molar-refractivity contribution is 0.411. The van der Waals surface area contributed by atoms with Crippen molar-refractivity contribution in [2.45, 2.75) is 6.92 Å². The van der Waals surface area contributed by atoms with Gasteiger partial charge in [-0.15, -0.1) is 0 Å². The van der Waals surface area contributed by atoms with Crippen LogP contribution in [-0.2, 0) is 0 Å². The van der Waals surface area contributed by atoms with Crippen molar-refractivity contribution in [3.8, 4) is 11.8 Å². The molecule has 0 aliphatic carbocycles. The Balaban J connectivity index is 2.45. The van der Waals surface area contributed by atoms with Gasteiger partial charge in [0.2, 0.25) is 6.33 Å². The van der Waals surface area contributed by atoms with Gasteiger partial charge < -0.3 is 8.94 Å². The van der Waals surface area contributed by atoms with Crippen LogP contribution in [-0.4, -0.2) is 15.1 Å². The van der Waals surface area contributed by atoms with Crippen LogP contribution in [0.3, 0.4) is 0 Å². The highest BCUT2D eigenvalue weighted by molar-refractivity contribution is 5.35. The number of oxazole rings is 1. The van der Waals surface area contributed by atoms with Gasteiger partial charge in [-0.05, 0) is 6.92 Å². The number of aryl methyl sites for hydroxylation is 1. The molecular formula is C6H4N3O2. The Morgan fingerprint density at radius 3 is 2.91 bits per heavy atom. The molecule has 0 saturated carbocycles. The number of nitrogens with zero attached hydrogens (tertiary/aromatic N) is 3. The summed E-state index contributed by atoms with van der Waals surface area (Å²) in [6.45, 7) is 1.81. The third kappa shape index (κ3) is 1.000. The molecule has 0 atom stereocenters. The normalized spacial score (nSPS) is 10.3. The molecule has 55 valence electrons. The maximum Gasteiger partial charge on any atom is 0.314 e. The minimum atomic E-state index is 0.248. The molecule has 2 heterocycles. The van der Waals surface area contributed by atoms with Crippen molar-refractivity contribution < 1.29 is 8.94 Å². The first-order valence-corrected chi connectivity index (χ1v) is 2.98. The molecule has 5 nitrogen and oxygen atoms in total. The van der Waals surface area contributed by atoms with Gasteiger partial charge in [0.1, 0.15) is 6.26 Å². The first kappa shape index (κ1) is 6.09. The lowest BCUT2D eigenvalue weighted by atomic mass is 10.6. The standard InChI is InChI=1S/C6H4N3O2/c1-4-2-10-6(9-4)5-7-3-8-11-5/h2H,1H3. The van der Waals surface area contributed by atoms with E-state index in [-0.39, 0.29) is 5.89 Å². The van der Waals surface area contributed by atoms with E-state index in [0.29, 0.717) is 5.89 Å². The van der Waals surface area contributed by atoms with Crippen LogP contribution < -0.4 is 0 Å². The number of hydrogen-bond acceptors (Lipinski definition) is 5. The molecule has 0 spiro atoms. The fourth-order valence-corrected chi connectivity index (χ4v) is 0.689. The van der Waals surface area contributed by atoms with E-state index in [1.807, 2.05) is 6.92 Å². The lowest BCUT2D eigenvalue weighted by Gasteiger charge is -1.79. The lowest BCUT2D eigenvalue weighted by Crippen LogP contribution is -1.75. The van der Waals surface area contributed by atoms with E-state index in [0.717, 1.165) is 5.69 Å². The topological polar surface area (TPSA) is 65.0 Å². The third-order valence-corrected chi connectivity index (χ3v) is 1.13. The molecule has 0 amide bonds. The summed E-state index contributed by atoms with van der Waals surface area (Å²) in [7, 11) is 0. The van der Waals surface area contributed by atoms with Gasteiger partial charge in [0.15, 0.2) is 0 Å². The molecule has 2 rings (SSSR count). The number of rotatable bonds is 1. The average molecular weight is 150 g/mol. The van der Waals surface area contributed by atoms with Gasteiger partial charge in [-0.3, -0.25) is 0 Å². The zero-order chi connectivity index (χ0) is 7.68. The minimum absolute atomic E-state index is 0.248. The summed E-state index contributed by atoms with van der Waals surface area (Å²) in [4.78, 5) is 7.61. The first-order chi connectivity index (χ1) is 5.36. The second-order valence-electron chi connectivity index (χ2n) is 1.99. The Bertz CT molecular complexity index is 338. The van der Waals surface area contributed by atoms with Crippen molar-refractivity contribution >= 4 is 0 Å². The monoisotopic (exact) mass is 150 g/mol. The van der Waals surface area contributed by atoms with Crippen LogP contribution in [0.2, 0.25) is 0 Å². The Labute approximate surface area is 62.1 Å². The zero-order valence-electron chi connectivity index (χ0n) is 5.74. The van der Waals surface area contributed by atoms with Gasteiger partial charge >= 0.3 is 5.89 Å². The fourth-order valence-electron chi connectivity index (χ4n) is 0.689. The summed E-state index contributed by atoms with van der Waals surface area (Å²) < 4.78 is 9.64. The predicted molar refractivity (Wildman–Crippen MR) is 33.4 cm³/mol. The quantitative estimate of drug-likeness (QED) is 0.602. The molecule has 0 saturated heterocycles. The van der Waals surface area contributed by atoms with Crippen molar-refractivity contribution in [2.75, 3.05) is 0 Å². The molecule has 0 aromatic carbocycles. The van der Waals surface area contributed by atoms with Gasteiger partial charge in [-0.25, -0.2) is 4.98 Å². The summed E-state index contributed by atoms with van der Waals surface area (Å²) in [6, 6.07) is 0. The molecule has 0 aliphatic rings. The fraction of sp³-hybridized carbons (Fsp3) is 0.167. The summed E-state index contributed by atoms with van der Waals surface area (Å²) >= 11 is 0. The van der Waals surface area contributed by atoms with Crippen molar-refractivity contribution in [2.24, 2.45) is 0 Å². The molecule has 5 heteroatoms. The van der Waals surface area contributed by atoms with Crippen molar-refractivity contribution in [3.05, 3.63) is 18.3 Å². The van der Waals surface area contributed by atoms with Crippen molar-refractivity contribution in [3.63, 3.8) is 0 Å². The molecule has 2 aromatic heterocycles. The van der Waals surface area contributed by atoms with Crippen LogP contribution in [0, 0.1) is 13.3 Å². The SMILES string of the molecule is Cc1coc(-c2n[c]no2)n1.